The van der Waals surface area contributed by atoms with E-state index in [0.29, 0.717) is 6.42 Å². The van der Waals surface area contributed by atoms with Crippen molar-refractivity contribution < 1.29 is 9.53 Å². The van der Waals surface area contributed by atoms with Gasteiger partial charge in [0.2, 0.25) is 5.91 Å². The molecule has 1 fully saturated rings. The maximum atomic E-state index is 11.8. The lowest BCUT2D eigenvalue weighted by Crippen LogP contribution is -2.45. The number of H-pyrrole nitrogens is 1. The lowest BCUT2D eigenvalue weighted by Gasteiger charge is -2.42. The van der Waals surface area contributed by atoms with E-state index in [0.717, 1.165) is 37.1 Å². The minimum Gasteiger partial charge on any atom is -0.497 e. The number of amides is 1. The van der Waals surface area contributed by atoms with E-state index in [-0.39, 0.29) is 11.3 Å². The number of nitrogens with one attached hydrogen (secondary N) is 2. The highest BCUT2D eigenvalue weighted by Gasteiger charge is 2.40. The first-order valence-electron chi connectivity index (χ1n) is 8.11. The van der Waals surface area contributed by atoms with Crippen molar-refractivity contribution >= 4 is 16.8 Å². The van der Waals surface area contributed by atoms with E-state index in [4.69, 9.17) is 4.74 Å². The first-order chi connectivity index (χ1) is 10.7. The van der Waals surface area contributed by atoms with Crippen LogP contribution in [0.25, 0.3) is 10.9 Å². The van der Waals surface area contributed by atoms with Crippen LogP contribution in [0.5, 0.6) is 5.75 Å². The van der Waals surface area contributed by atoms with Gasteiger partial charge in [0.15, 0.2) is 0 Å². The fourth-order valence-electron chi connectivity index (χ4n) is 3.39. The standard InChI is InChI=1S/C18H24N2O2/c1-3-5-17(21)20-12-18(8-4-9-18)15-11-19-16-7-6-13(22-2)10-14(15)16/h6-7,10-11,19H,3-5,8-9,12H2,1-2H3,(H,20,21). The summed E-state index contributed by atoms with van der Waals surface area (Å²) in [4.78, 5) is 15.2. The van der Waals surface area contributed by atoms with Gasteiger partial charge in [-0.05, 0) is 43.0 Å². The van der Waals surface area contributed by atoms with Crippen LogP contribution >= 0.6 is 0 Å². The number of aromatic amines is 1. The number of methoxy groups -OCH3 is 1. The topological polar surface area (TPSA) is 54.1 Å². The van der Waals surface area contributed by atoms with Gasteiger partial charge in [-0.1, -0.05) is 13.3 Å². The molecule has 1 heterocycles. The lowest BCUT2D eigenvalue weighted by molar-refractivity contribution is -0.121. The van der Waals surface area contributed by atoms with Gasteiger partial charge in [-0.2, -0.15) is 0 Å². The van der Waals surface area contributed by atoms with Gasteiger partial charge >= 0.3 is 0 Å². The Labute approximate surface area is 131 Å². The Kier molecular flexibility index (Phi) is 4.10. The Morgan fingerprint density at radius 3 is 2.86 bits per heavy atom. The summed E-state index contributed by atoms with van der Waals surface area (Å²) in [7, 11) is 1.69. The van der Waals surface area contributed by atoms with Gasteiger partial charge < -0.3 is 15.0 Å². The first-order valence-corrected chi connectivity index (χ1v) is 8.11. The van der Waals surface area contributed by atoms with Gasteiger partial charge in [-0.3, -0.25) is 4.79 Å². The zero-order valence-corrected chi connectivity index (χ0v) is 13.4. The van der Waals surface area contributed by atoms with Crippen molar-refractivity contribution in [3.63, 3.8) is 0 Å². The molecule has 4 heteroatoms. The Morgan fingerprint density at radius 1 is 1.41 bits per heavy atom. The molecule has 1 aromatic heterocycles. The highest BCUT2D eigenvalue weighted by atomic mass is 16.5. The van der Waals surface area contributed by atoms with Gasteiger partial charge in [0.1, 0.15) is 5.75 Å². The third-order valence-electron chi connectivity index (χ3n) is 4.87. The average molecular weight is 300 g/mol. The molecule has 1 amide bonds. The summed E-state index contributed by atoms with van der Waals surface area (Å²) in [6.45, 7) is 2.76. The van der Waals surface area contributed by atoms with Crippen molar-refractivity contribution in [3.8, 4) is 5.75 Å². The second-order valence-corrected chi connectivity index (χ2v) is 6.27. The highest BCUT2D eigenvalue weighted by molar-refractivity contribution is 5.86. The molecule has 1 saturated carbocycles. The normalized spacial score (nSPS) is 16.3. The smallest absolute Gasteiger partial charge is 0.220 e. The molecular weight excluding hydrogens is 276 g/mol. The maximum absolute atomic E-state index is 11.8. The van der Waals surface area contributed by atoms with Crippen LogP contribution in [0.2, 0.25) is 0 Å². The molecule has 2 N–H and O–H groups in total. The van der Waals surface area contributed by atoms with Gasteiger partial charge in [0.25, 0.3) is 0 Å². The minimum absolute atomic E-state index is 0.0774. The van der Waals surface area contributed by atoms with Crippen LogP contribution in [0.3, 0.4) is 0 Å². The van der Waals surface area contributed by atoms with E-state index in [1.54, 1.807) is 7.11 Å². The van der Waals surface area contributed by atoms with E-state index in [1.807, 2.05) is 13.0 Å². The van der Waals surface area contributed by atoms with Crippen molar-refractivity contribution in [1.29, 1.82) is 0 Å². The fourth-order valence-corrected chi connectivity index (χ4v) is 3.39. The fraction of sp³-hybridized carbons (Fsp3) is 0.500. The largest absolute Gasteiger partial charge is 0.497 e. The van der Waals surface area contributed by atoms with E-state index in [2.05, 4.69) is 28.6 Å². The highest BCUT2D eigenvalue weighted by Crippen LogP contribution is 2.46. The first kappa shape index (κ1) is 14.9. The van der Waals surface area contributed by atoms with E-state index >= 15 is 0 Å². The van der Waals surface area contributed by atoms with Crippen molar-refractivity contribution in [1.82, 2.24) is 10.3 Å². The number of hydrogen-bond donors (Lipinski definition) is 2. The quantitative estimate of drug-likeness (QED) is 0.857. The maximum Gasteiger partial charge on any atom is 0.220 e. The van der Waals surface area contributed by atoms with Gasteiger partial charge in [-0.15, -0.1) is 0 Å². The molecule has 1 aromatic carbocycles. The number of fused-ring (bicyclic) bond motifs is 1. The van der Waals surface area contributed by atoms with E-state index in [9.17, 15) is 4.79 Å². The monoisotopic (exact) mass is 300 g/mol. The second kappa shape index (κ2) is 6.03. The molecule has 0 atom stereocenters. The SMILES string of the molecule is CCCC(=O)NCC1(c2c[nH]c3ccc(OC)cc23)CCC1. The average Bonchev–Trinajstić information content (AvgIpc) is 2.90. The summed E-state index contributed by atoms with van der Waals surface area (Å²) in [5, 5.41) is 4.34. The van der Waals surface area contributed by atoms with Crippen molar-refractivity contribution in [2.45, 2.75) is 44.4 Å². The molecule has 0 aliphatic heterocycles. The van der Waals surface area contributed by atoms with Crippen molar-refractivity contribution in [3.05, 3.63) is 30.0 Å². The molecule has 1 aliphatic rings. The lowest BCUT2D eigenvalue weighted by atomic mass is 9.64. The zero-order chi connectivity index (χ0) is 15.6. The summed E-state index contributed by atoms with van der Waals surface area (Å²) in [5.74, 6) is 1.03. The molecule has 0 spiro atoms. The molecule has 0 radical (unpaired) electrons. The van der Waals surface area contributed by atoms with Gasteiger partial charge in [0, 0.05) is 35.5 Å². The Balaban J connectivity index is 1.88. The third kappa shape index (κ3) is 2.58. The second-order valence-electron chi connectivity index (χ2n) is 6.27. The summed E-state index contributed by atoms with van der Waals surface area (Å²) in [6, 6.07) is 6.12. The number of benzene rings is 1. The van der Waals surface area contributed by atoms with Crippen LogP contribution in [0, 0.1) is 0 Å². The molecule has 0 unspecified atom stereocenters. The molecule has 22 heavy (non-hydrogen) atoms. The van der Waals surface area contributed by atoms with Crippen LogP contribution in [0.4, 0.5) is 0 Å². The summed E-state index contributed by atoms with van der Waals surface area (Å²) >= 11 is 0. The molecule has 0 saturated heterocycles. The molecule has 2 aromatic rings. The van der Waals surface area contributed by atoms with Crippen LogP contribution in [0.15, 0.2) is 24.4 Å². The van der Waals surface area contributed by atoms with Gasteiger partial charge in [-0.25, -0.2) is 0 Å². The Hall–Kier alpha value is -1.97. The van der Waals surface area contributed by atoms with E-state index < -0.39 is 0 Å². The number of carbonyl (C=O) groups is 1. The number of aromatic nitrogens is 1. The van der Waals surface area contributed by atoms with Crippen molar-refractivity contribution in [2.75, 3.05) is 13.7 Å². The van der Waals surface area contributed by atoms with Crippen LogP contribution < -0.4 is 10.1 Å². The summed E-state index contributed by atoms with van der Waals surface area (Å²) in [5.41, 5.74) is 2.51. The van der Waals surface area contributed by atoms with Gasteiger partial charge in [0.05, 0.1) is 7.11 Å². The Bertz CT molecular complexity index is 671. The van der Waals surface area contributed by atoms with Crippen LogP contribution in [-0.2, 0) is 10.2 Å². The molecule has 1 aliphatic carbocycles. The minimum atomic E-state index is 0.0774. The number of ether oxygens (including phenoxy) is 1. The third-order valence-corrected chi connectivity index (χ3v) is 4.87. The molecular formula is C18H24N2O2. The predicted molar refractivity (Wildman–Crippen MR) is 88.3 cm³/mol. The number of hydrogen-bond acceptors (Lipinski definition) is 2. The molecule has 0 bridgehead atoms. The predicted octanol–water partition coefficient (Wildman–Crippen LogP) is 3.51. The van der Waals surface area contributed by atoms with Crippen LogP contribution in [0.1, 0.15) is 44.6 Å². The molecule has 118 valence electrons. The van der Waals surface area contributed by atoms with E-state index in [1.165, 1.54) is 17.4 Å². The number of rotatable bonds is 6. The summed E-state index contributed by atoms with van der Waals surface area (Å²) < 4.78 is 5.36. The molecule has 3 rings (SSSR count). The summed E-state index contributed by atoms with van der Waals surface area (Å²) in [6.07, 6.45) is 7.09. The number of carbonyl (C=O) groups excluding carboxylic acids is 1. The molecule has 4 nitrogen and oxygen atoms in total. The Morgan fingerprint density at radius 2 is 2.23 bits per heavy atom. The van der Waals surface area contributed by atoms with Crippen LogP contribution in [-0.4, -0.2) is 24.5 Å². The zero-order valence-electron chi connectivity index (χ0n) is 13.4. The van der Waals surface area contributed by atoms with Crippen molar-refractivity contribution in [2.24, 2.45) is 0 Å².